The van der Waals surface area contributed by atoms with Crippen molar-refractivity contribution in [3.8, 4) is 34.3 Å². The van der Waals surface area contributed by atoms with Gasteiger partial charge in [0.1, 0.15) is 11.3 Å². The van der Waals surface area contributed by atoms with Crippen LogP contribution >= 0.6 is 0 Å². The summed E-state index contributed by atoms with van der Waals surface area (Å²) in [5.74, 6) is -0.0222. The molecule has 0 atom stereocenters. The van der Waals surface area contributed by atoms with Crippen LogP contribution < -0.4 is 9.47 Å². The van der Waals surface area contributed by atoms with Gasteiger partial charge in [0.15, 0.2) is 5.52 Å². The topological polar surface area (TPSA) is 151 Å². The maximum atomic E-state index is 12.0. The molecule has 204 valence electrons. The van der Waals surface area contributed by atoms with Crippen molar-refractivity contribution in [2.24, 2.45) is 5.41 Å². The van der Waals surface area contributed by atoms with Gasteiger partial charge in [-0.25, -0.2) is 4.98 Å². The summed E-state index contributed by atoms with van der Waals surface area (Å²) in [6.07, 6.45) is 0.572. The van der Waals surface area contributed by atoms with Crippen LogP contribution in [0.1, 0.15) is 46.0 Å². The largest absolute Gasteiger partial charge is 0.404 e. The van der Waals surface area contributed by atoms with Crippen LogP contribution in [0.4, 0.5) is 0 Å². The zero-order valence-corrected chi connectivity index (χ0v) is 22.8. The lowest BCUT2D eigenvalue weighted by Gasteiger charge is -2.20. The molecule has 0 saturated heterocycles. The molecule has 12 nitrogen and oxygen atoms in total. The molecule has 5 aromatic rings. The molecular weight excluding hydrogens is 512 g/mol. The van der Waals surface area contributed by atoms with Crippen molar-refractivity contribution in [1.29, 1.82) is 0 Å². The molecule has 12 heteroatoms. The van der Waals surface area contributed by atoms with E-state index in [9.17, 15) is 9.59 Å². The Bertz CT molecular complexity index is 1700. The number of fused-ring (bicyclic) bond motifs is 1. The molecular formula is C28H28N8O4. The standard InChI is InChI=1S/C28H28N8O4/c1-16(37)39-26-23-24(27(33-32-26)40-17(2)38)36(22(29-23)14-28(3,4)5)15-18-10-6-7-11-19(18)20-12-8-9-13-21(20)25-30-34-35-31-25/h6-13H,14-15H2,1-5H3,(H,30,31,34,35). The molecule has 0 fully saturated rings. The number of carbonyl (C=O) groups is 2. The SMILES string of the molecule is CC(=O)Oc1nnc(OC(C)=O)c2c1nc(CC(C)(C)C)n2Cc1ccccc1-c1ccccc1-c1nn[nH]n1. The number of nitrogens with zero attached hydrogens (tertiary/aromatic N) is 7. The average molecular weight is 541 g/mol. The van der Waals surface area contributed by atoms with Gasteiger partial charge in [0.25, 0.3) is 11.8 Å². The molecule has 3 heterocycles. The minimum atomic E-state index is -0.564. The van der Waals surface area contributed by atoms with Crippen LogP contribution in [-0.2, 0) is 22.6 Å². The van der Waals surface area contributed by atoms with Gasteiger partial charge in [0.05, 0.1) is 6.54 Å². The third-order valence-electron chi connectivity index (χ3n) is 6.00. The Morgan fingerprint density at radius 2 is 1.48 bits per heavy atom. The first-order valence-corrected chi connectivity index (χ1v) is 12.6. The molecule has 0 amide bonds. The molecule has 3 aromatic heterocycles. The zero-order valence-electron chi connectivity index (χ0n) is 22.8. The van der Waals surface area contributed by atoms with Gasteiger partial charge in [-0.1, -0.05) is 69.3 Å². The minimum absolute atomic E-state index is 0.0178. The molecule has 1 N–H and O–H groups in total. The maximum absolute atomic E-state index is 12.0. The lowest BCUT2D eigenvalue weighted by atomic mass is 9.91. The summed E-state index contributed by atoms with van der Waals surface area (Å²) in [5, 5.41) is 22.7. The van der Waals surface area contributed by atoms with Crippen LogP contribution in [0.3, 0.4) is 0 Å². The molecule has 0 aliphatic rings. The molecule has 5 rings (SSSR count). The molecule has 0 unspecified atom stereocenters. The number of aromatic amines is 1. The Balaban J connectivity index is 1.73. The summed E-state index contributed by atoms with van der Waals surface area (Å²) in [4.78, 5) is 28.7. The Hall–Kier alpha value is -5.00. The maximum Gasteiger partial charge on any atom is 0.309 e. The minimum Gasteiger partial charge on any atom is -0.404 e. The highest BCUT2D eigenvalue weighted by atomic mass is 16.6. The number of carbonyl (C=O) groups excluding carboxylic acids is 2. The average Bonchev–Trinajstić information content (AvgIpc) is 3.54. The molecule has 0 aliphatic heterocycles. The smallest absolute Gasteiger partial charge is 0.309 e. The molecule has 0 saturated carbocycles. The van der Waals surface area contributed by atoms with Gasteiger partial charge in [-0.05, 0) is 27.3 Å². The van der Waals surface area contributed by atoms with E-state index in [4.69, 9.17) is 14.5 Å². The predicted molar refractivity (Wildman–Crippen MR) is 145 cm³/mol. The van der Waals surface area contributed by atoms with Crippen molar-refractivity contribution in [3.63, 3.8) is 0 Å². The van der Waals surface area contributed by atoms with E-state index in [2.05, 4.69) is 51.6 Å². The highest BCUT2D eigenvalue weighted by Crippen LogP contribution is 2.36. The summed E-state index contributed by atoms with van der Waals surface area (Å²) in [6, 6.07) is 15.8. The van der Waals surface area contributed by atoms with E-state index in [1.165, 1.54) is 13.8 Å². The fraction of sp³-hybridized carbons (Fsp3) is 0.286. The number of H-pyrrole nitrogens is 1. The van der Waals surface area contributed by atoms with Gasteiger partial charge in [0, 0.05) is 25.8 Å². The number of hydrogen-bond acceptors (Lipinski definition) is 10. The molecule has 0 radical (unpaired) electrons. The molecule has 2 aromatic carbocycles. The van der Waals surface area contributed by atoms with E-state index < -0.39 is 11.9 Å². The van der Waals surface area contributed by atoms with E-state index in [-0.39, 0.29) is 22.7 Å². The Morgan fingerprint density at radius 3 is 2.12 bits per heavy atom. The van der Waals surface area contributed by atoms with Crippen LogP contribution in [0.25, 0.3) is 33.5 Å². The van der Waals surface area contributed by atoms with E-state index in [1.54, 1.807) is 0 Å². The highest BCUT2D eigenvalue weighted by molar-refractivity contribution is 5.89. The molecule has 0 aliphatic carbocycles. The zero-order chi connectivity index (χ0) is 28.4. The van der Waals surface area contributed by atoms with Crippen LogP contribution in [-0.4, -0.2) is 52.3 Å². The molecule has 0 bridgehead atoms. The fourth-order valence-electron chi connectivity index (χ4n) is 4.52. The van der Waals surface area contributed by atoms with Crippen molar-refractivity contribution in [2.75, 3.05) is 0 Å². The number of ether oxygens (including phenoxy) is 2. The molecule has 40 heavy (non-hydrogen) atoms. The van der Waals surface area contributed by atoms with Crippen molar-refractivity contribution < 1.29 is 19.1 Å². The van der Waals surface area contributed by atoms with Crippen LogP contribution in [0.2, 0.25) is 0 Å². The highest BCUT2D eigenvalue weighted by Gasteiger charge is 2.26. The number of imidazole rings is 1. The first kappa shape index (κ1) is 26.6. The first-order chi connectivity index (χ1) is 19.1. The van der Waals surface area contributed by atoms with Crippen LogP contribution in [0, 0.1) is 5.41 Å². The number of hydrogen-bond donors (Lipinski definition) is 1. The van der Waals surface area contributed by atoms with Crippen molar-refractivity contribution in [3.05, 3.63) is 59.9 Å². The van der Waals surface area contributed by atoms with Gasteiger partial charge >= 0.3 is 11.9 Å². The normalized spacial score (nSPS) is 11.5. The Labute approximate surface area is 229 Å². The number of aromatic nitrogens is 8. The predicted octanol–water partition coefficient (Wildman–Crippen LogP) is 4.16. The van der Waals surface area contributed by atoms with Crippen LogP contribution in [0.5, 0.6) is 11.8 Å². The van der Waals surface area contributed by atoms with E-state index >= 15 is 0 Å². The van der Waals surface area contributed by atoms with E-state index in [0.29, 0.717) is 30.1 Å². The lowest BCUT2D eigenvalue weighted by Crippen LogP contribution is -2.16. The van der Waals surface area contributed by atoms with Gasteiger partial charge in [0.2, 0.25) is 5.82 Å². The summed E-state index contributed by atoms with van der Waals surface area (Å²) in [6.45, 7) is 9.21. The van der Waals surface area contributed by atoms with Gasteiger partial charge < -0.3 is 14.0 Å². The number of rotatable bonds is 7. The van der Waals surface area contributed by atoms with Crippen molar-refractivity contribution >= 4 is 23.0 Å². The lowest BCUT2D eigenvalue weighted by molar-refractivity contribution is -0.133. The number of nitrogens with one attached hydrogen (secondary N) is 1. The summed E-state index contributed by atoms with van der Waals surface area (Å²) in [7, 11) is 0. The molecule has 0 spiro atoms. The summed E-state index contributed by atoms with van der Waals surface area (Å²) in [5.41, 5.74) is 4.18. The third-order valence-corrected chi connectivity index (χ3v) is 6.00. The Morgan fingerprint density at radius 1 is 0.850 bits per heavy atom. The second-order valence-electron chi connectivity index (χ2n) is 10.5. The van der Waals surface area contributed by atoms with Gasteiger partial charge in [-0.15, -0.1) is 20.4 Å². The fourth-order valence-corrected chi connectivity index (χ4v) is 4.52. The van der Waals surface area contributed by atoms with Crippen LogP contribution in [0.15, 0.2) is 48.5 Å². The third kappa shape index (κ3) is 5.55. The second-order valence-corrected chi connectivity index (χ2v) is 10.5. The number of tetrazole rings is 1. The second kappa shape index (κ2) is 10.6. The van der Waals surface area contributed by atoms with E-state index in [0.717, 1.165) is 22.3 Å². The monoisotopic (exact) mass is 540 g/mol. The van der Waals surface area contributed by atoms with Gasteiger partial charge in [-0.3, -0.25) is 9.59 Å². The Kier molecular flexibility index (Phi) is 7.07. The quantitative estimate of drug-likeness (QED) is 0.298. The van der Waals surface area contributed by atoms with Gasteiger partial charge in [-0.2, -0.15) is 5.21 Å². The number of benzene rings is 2. The first-order valence-electron chi connectivity index (χ1n) is 12.6. The summed E-state index contributed by atoms with van der Waals surface area (Å²) < 4.78 is 12.7. The van der Waals surface area contributed by atoms with Crippen molar-refractivity contribution in [1.82, 2.24) is 40.4 Å². The van der Waals surface area contributed by atoms with Crippen molar-refractivity contribution in [2.45, 2.75) is 47.6 Å². The van der Waals surface area contributed by atoms with E-state index in [1.807, 2.05) is 53.1 Å². The number of esters is 2. The summed E-state index contributed by atoms with van der Waals surface area (Å²) >= 11 is 0.